The molecule has 0 saturated carbocycles. The number of aliphatic hydroxyl groups is 1. The fourth-order valence-corrected chi connectivity index (χ4v) is 10.8. The lowest BCUT2D eigenvalue weighted by atomic mass is 9.77. The van der Waals surface area contributed by atoms with Crippen molar-refractivity contribution in [1.82, 2.24) is 14.7 Å². The molecule has 19 atom stereocenters. The molecule has 0 radical (unpaired) electrons. The lowest BCUT2D eigenvalue weighted by Gasteiger charge is -2.50. The molecule has 374 valence electrons. The normalized spacial score (nSPS) is 45.0. The number of nitrogens with zero attached hydrogens (tertiary/aromatic N) is 5. The Hall–Kier alpha value is -2.07. The summed E-state index contributed by atoms with van der Waals surface area (Å²) in [5.41, 5.74) is -3.48. The molecule has 0 amide bonds. The quantitative estimate of drug-likeness (QED) is 0.180. The maximum Gasteiger partial charge on any atom is 0.311 e. The van der Waals surface area contributed by atoms with Crippen molar-refractivity contribution in [3.63, 3.8) is 0 Å². The van der Waals surface area contributed by atoms with Crippen molar-refractivity contribution in [3.05, 3.63) is 0 Å². The van der Waals surface area contributed by atoms with E-state index in [1.807, 2.05) is 88.6 Å². The molecule has 1 unspecified atom stereocenters. The third-order valence-corrected chi connectivity index (χ3v) is 14.7. The fraction of sp³-hybridized carbons (Fsp3) is 0.938. The van der Waals surface area contributed by atoms with Crippen LogP contribution in [-0.4, -0.2) is 184 Å². The molecule has 4 saturated heterocycles. The van der Waals surface area contributed by atoms with Crippen molar-refractivity contribution in [2.45, 2.75) is 211 Å². The van der Waals surface area contributed by atoms with E-state index in [4.69, 9.17) is 47.4 Å². The Bertz CT molecular complexity index is 1610. The SMILES string of the molecule is CC[C@H]1OC(=O)[C@H](C)[C@@H](O[C@H]2C[C@@](C)(OC)[C@@H](OCCC#N)[C@H](C)O2)[C@H](C)[C@@H](O[C@@H]2O[C@H](C)C[C@H](N(C)C)[C@H]2OCCC#N)[C@](C)(O)C[C@@H](C)CN(C)[C@H](C)[C@H]2OC(C)(N(C)C)O[C@@]21C. The minimum absolute atomic E-state index is 0.0716. The zero-order valence-corrected chi connectivity index (χ0v) is 42.7. The molecule has 4 aliphatic heterocycles. The van der Waals surface area contributed by atoms with Crippen LogP contribution < -0.4 is 0 Å². The summed E-state index contributed by atoms with van der Waals surface area (Å²) < 4.78 is 66.4. The van der Waals surface area contributed by atoms with E-state index in [0.717, 1.165) is 0 Å². The zero-order chi connectivity index (χ0) is 48.8. The van der Waals surface area contributed by atoms with Gasteiger partial charge in [-0.05, 0) is 109 Å². The molecule has 4 rings (SSSR count). The number of likely N-dealkylation sites (N-methyl/N-ethyl adjacent to an activating group) is 2. The molecule has 0 aromatic carbocycles. The van der Waals surface area contributed by atoms with Crippen LogP contribution in [0.3, 0.4) is 0 Å². The summed E-state index contributed by atoms with van der Waals surface area (Å²) in [6.45, 7) is 22.3. The van der Waals surface area contributed by atoms with Crippen LogP contribution in [0.2, 0.25) is 0 Å². The number of esters is 1. The summed E-state index contributed by atoms with van der Waals surface area (Å²) in [6.07, 6.45) is -4.90. The van der Waals surface area contributed by atoms with Gasteiger partial charge in [-0.15, -0.1) is 0 Å². The van der Waals surface area contributed by atoms with Gasteiger partial charge in [-0.25, -0.2) is 0 Å². The van der Waals surface area contributed by atoms with E-state index >= 15 is 0 Å². The lowest BCUT2D eigenvalue weighted by Crippen LogP contribution is -2.61. The summed E-state index contributed by atoms with van der Waals surface area (Å²) in [6, 6.07) is 3.97. The summed E-state index contributed by atoms with van der Waals surface area (Å²) in [5, 5.41) is 31.7. The van der Waals surface area contributed by atoms with Gasteiger partial charge in [0.25, 0.3) is 0 Å². The summed E-state index contributed by atoms with van der Waals surface area (Å²) in [4.78, 5) is 21.2. The first-order chi connectivity index (χ1) is 30.3. The molecule has 0 spiro atoms. The number of ether oxygens (including phenoxy) is 10. The second-order valence-corrected chi connectivity index (χ2v) is 20.6. The van der Waals surface area contributed by atoms with Gasteiger partial charge in [0.05, 0.1) is 79.7 Å². The van der Waals surface area contributed by atoms with Crippen LogP contribution >= 0.6 is 0 Å². The van der Waals surface area contributed by atoms with Gasteiger partial charge in [0, 0.05) is 45.0 Å². The van der Waals surface area contributed by atoms with E-state index in [0.29, 0.717) is 25.8 Å². The van der Waals surface area contributed by atoms with E-state index in [1.54, 1.807) is 21.0 Å². The Balaban J connectivity index is 1.88. The maximum atomic E-state index is 15.0. The number of methoxy groups -OCH3 is 1. The number of nitriles is 2. The number of cyclic esters (lactones) is 1. The van der Waals surface area contributed by atoms with Crippen LogP contribution in [0.1, 0.15) is 115 Å². The second kappa shape index (κ2) is 23.0. The second-order valence-electron chi connectivity index (χ2n) is 20.6. The molecule has 65 heavy (non-hydrogen) atoms. The average molecular weight is 924 g/mol. The minimum atomic E-state index is -1.53. The average Bonchev–Trinajstić information content (AvgIpc) is 3.52. The molecule has 4 heterocycles. The van der Waals surface area contributed by atoms with E-state index < -0.39 is 95.8 Å². The van der Waals surface area contributed by atoms with Gasteiger partial charge in [0.1, 0.15) is 30.0 Å². The van der Waals surface area contributed by atoms with Crippen LogP contribution in [0, 0.1) is 40.4 Å². The minimum Gasteiger partial charge on any atom is -0.459 e. The molecular weight excluding hydrogens is 839 g/mol. The first-order valence-electron chi connectivity index (χ1n) is 23.8. The monoisotopic (exact) mass is 924 g/mol. The van der Waals surface area contributed by atoms with E-state index in [1.165, 1.54) is 0 Å². The molecule has 4 fully saturated rings. The first-order valence-corrected chi connectivity index (χ1v) is 23.8. The smallest absolute Gasteiger partial charge is 0.311 e. The van der Waals surface area contributed by atoms with Crippen LogP contribution in [0.5, 0.6) is 0 Å². The van der Waals surface area contributed by atoms with Gasteiger partial charge >= 0.3 is 5.97 Å². The molecule has 0 aromatic heterocycles. The molecule has 17 nitrogen and oxygen atoms in total. The number of rotatable bonds is 14. The Labute approximate surface area is 390 Å². The van der Waals surface area contributed by atoms with E-state index in [-0.39, 0.29) is 56.6 Å². The van der Waals surface area contributed by atoms with Crippen LogP contribution in [-0.2, 0) is 52.2 Å². The molecule has 1 N–H and O–H groups in total. The Morgan fingerprint density at radius 1 is 0.892 bits per heavy atom. The van der Waals surface area contributed by atoms with Crippen molar-refractivity contribution in [2.75, 3.05) is 62.1 Å². The van der Waals surface area contributed by atoms with Gasteiger partial charge < -0.3 is 62.3 Å². The molecular formula is C48H85N5O12. The van der Waals surface area contributed by atoms with Crippen LogP contribution in [0.25, 0.3) is 0 Å². The third kappa shape index (κ3) is 12.8. The van der Waals surface area contributed by atoms with Gasteiger partial charge in [0.2, 0.25) is 5.91 Å². The summed E-state index contributed by atoms with van der Waals surface area (Å²) in [5.74, 6) is -3.34. The highest BCUT2D eigenvalue weighted by atomic mass is 16.8. The van der Waals surface area contributed by atoms with Crippen molar-refractivity contribution in [2.24, 2.45) is 17.8 Å². The van der Waals surface area contributed by atoms with Crippen molar-refractivity contribution in [1.29, 1.82) is 10.5 Å². The van der Waals surface area contributed by atoms with Crippen molar-refractivity contribution < 1.29 is 57.3 Å². The van der Waals surface area contributed by atoms with Gasteiger partial charge in [-0.3, -0.25) is 9.69 Å². The molecule has 0 aromatic rings. The Morgan fingerprint density at radius 2 is 1.52 bits per heavy atom. The van der Waals surface area contributed by atoms with Crippen LogP contribution in [0.4, 0.5) is 0 Å². The number of carbonyl (C=O) groups is 1. The van der Waals surface area contributed by atoms with Crippen molar-refractivity contribution in [3.8, 4) is 12.1 Å². The number of hydrogen-bond acceptors (Lipinski definition) is 17. The summed E-state index contributed by atoms with van der Waals surface area (Å²) >= 11 is 0. The Kier molecular flexibility index (Phi) is 19.7. The summed E-state index contributed by atoms with van der Waals surface area (Å²) in [7, 11) is 11.4. The zero-order valence-electron chi connectivity index (χ0n) is 42.7. The van der Waals surface area contributed by atoms with Gasteiger partial charge in [0.15, 0.2) is 12.6 Å². The molecule has 0 aliphatic carbocycles. The predicted molar refractivity (Wildman–Crippen MR) is 242 cm³/mol. The highest BCUT2D eigenvalue weighted by Gasteiger charge is 2.61. The van der Waals surface area contributed by atoms with Gasteiger partial charge in [-0.1, -0.05) is 20.8 Å². The lowest BCUT2D eigenvalue weighted by molar-refractivity contribution is -0.323. The third-order valence-electron chi connectivity index (χ3n) is 14.7. The van der Waals surface area contributed by atoms with E-state index in [9.17, 15) is 20.4 Å². The predicted octanol–water partition coefficient (Wildman–Crippen LogP) is 5.07. The van der Waals surface area contributed by atoms with Gasteiger partial charge in [-0.2, -0.15) is 10.5 Å². The van der Waals surface area contributed by atoms with Crippen LogP contribution in [0.15, 0.2) is 0 Å². The van der Waals surface area contributed by atoms with E-state index in [2.05, 4.69) is 35.8 Å². The number of carbonyl (C=O) groups excluding carboxylic acids is 1. The number of hydrogen-bond donors (Lipinski definition) is 1. The fourth-order valence-electron chi connectivity index (χ4n) is 10.8. The highest BCUT2D eigenvalue weighted by Crippen LogP contribution is 2.46. The highest BCUT2D eigenvalue weighted by molar-refractivity contribution is 5.73. The van der Waals surface area contributed by atoms with Crippen molar-refractivity contribution >= 4 is 5.97 Å². The molecule has 17 heteroatoms. The largest absolute Gasteiger partial charge is 0.459 e. The molecule has 0 bridgehead atoms. The first kappa shape index (κ1) is 55.5. The molecule has 4 aliphatic rings. The standard InChI is InChI=1S/C48H85N5O12/c1-18-36-47(10)41(64-48(11,65-47)52(14)15)33(6)53(16)28-29(2)26-45(8,55)40(63-44-39(57-23-19-21-49)35(51(12)13)25-30(3)59-44)31(4)38(32(5)43(54)61-36)62-37-27-46(9,56-17)42(34(7)60-37)58-24-20-22-50/h29-42,44,55H,18-20,23-28H2,1-17H3/t29-,30-,31+,32-,33-,34+,35+,36-,37+,38+,39-,40-,41-,42+,44+,45-,46-,47-,48?/m1/s1. The topological polar surface area (TPSA) is 187 Å². The number of fused-ring (bicyclic) bond motifs is 1. The Morgan fingerprint density at radius 3 is 2.09 bits per heavy atom. The maximum absolute atomic E-state index is 15.0.